The molecule has 0 radical (unpaired) electrons. The van der Waals surface area contributed by atoms with E-state index in [0.29, 0.717) is 0 Å². The first-order valence-corrected chi connectivity index (χ1v) is 4.29. The van der Waals surface area contributed by atoms with Crippen molar-refractivity contribution in [2.45, 2.75) is 6.43 Å². The molecule has 0 spiro atoms. The van der Waals surface area contributed by atoms with Gasteiger partial charge in [-0.05, 0) is 18.2 Å². The molecule has 0 saturated heterocycles. The third-order valence-corrected chi connectivity index (χ3v) is 1.75. The van der Waals surface area contributed by atoms with Crippen molar-refractivity contribution in [1.82, 2.24) is 0 Å². The van der Waals surface area contributed by atoms with E-state index < -0.39 is 19.0 Å². The number of hydrogen-bond donors (Lipinski definition) is 1. The number of carbonyl (C=O) groups is 1. The number of ether oxygens (including phenoxy) is 1. The van der Waals surface area contributed by atoms with Crippen LogP contribution in [0.1, 0.15) is 15.9 Å². The summed E-state index contributed by atoms with van der Waals surface area (Å²) in [6.45, 7) is -0.822. The number of alkyl halides is 2. The van der Waals surface area contributed by atoms with Crippen molar-refractivity contribution in [2.75, 3.05) is 6.61 Å². The molecule has 1 rings (SSSR count). The van der Waals surface area contributed by atoms with Crippen molar-refractivity contribution in [3.8, 4) is 18.1 Å². The van der Waals surface area contributed by atoms with E-state index in [1.165, 1.54) is 12.1 Å². The maximum Gasteiger partial charge on any atom is 0.335 e. The zero-order chi connectivity index (χ0) is 12.1. The second kappa shape index (κ2) is 5.12. The van der Waals surface area contributed by atoms with E-state index in [4.69, 9.17) is 16.3 Å². The van der Waals surface area contributed by atoms with Crippen LogP contribution in [0.25, 0.3) is 0 Å². The standard InChI is InChI=1S/C11H8F2O3/c1-2-7-3-4-8(11(14)15)5-9(7)16-6-10(12)13/h1,3-5,10H,6H2,(H,14,15). The molecule has 0 saturated carbocycles. The van der Waals surface area contributed by atoms with Crippen LogP contribution in [0.5, 0.6) is 5.75 Å². The quantitative estimate of drug-likeness (QED) is 0.799. The number of carboxylic acids is 1. The Labute approximate surface area is 90.7 Å². The lowest BCUT2D eigenvalue weighted by molar-refractivity contribution is 0.0695. The van der Waals surface area contributed by atoms with Crippen LogP contribution in [0.15, 0.2) is 18.2 Å². The predicted octanol–water partition coefficient (Wildman–Crippen LogP) is 2.01. The fourth-order valence-corrected chi connectivity index (χ4v) is 1.05. The Kier molecular flexibility index (Phi) is 3.84. The largest absolute Gasteiger partial charge is 0.486 e. The summed E-state index contributed by atoms with van der Waals surface area (Å²) in [7, 11) is 0. The first-order valence-electron chi connectivity index (χ1n) is 4.29. The Morgan fingerprint density at radius 1 is 1.56 bits per heavy atom. The van der Waals surface area contributed by atoms with E-state index in [2.05, 4.69) is 5.92 Å². The van der Waals surface area contributed by atoms with Gasteiger partial charge in [-0.25, -0.2) is 13.6 Å². The minimum absolute atomic E-state index is 0.0253. The molecule has 0 aliphatic rings. The molecule has 16 heavy (non-hydrogen) atoms. The average molecular weight is 226 g/mol. The summed E-state index contributed by atoms with van der Waals surface area (Å²) in [6.07, 6.45) is 2.48. The van der Waals surface area contributed by atoms with Gasteiger partial charge in [0.15, 0.2) is 0 Å². The number of halogens is 2. The minimum Gasteiger partial charge on any atom is -0.486 e. The molecule has 3 nitrogen and oxygen atoms in total. The molecule has 5 heteroatoms. The van der Waals surface area contributed by atoms with Crippen molar-refractivity contribution < 1.29 is 23.4 Å². The van der Waals surface area contributed by atoms with Crippen LogP contribution >= 0.6 is 0 Å². The Morgan fingerprint density at radius 3 is 2.75 bits per heavy atom. The SMILES string of the molecule is C#Cc1ccc(C(=O)O)cc1OCC(F)F. The molecular formula is C11H8F2O3. The van der Waals surface area contributed by atoms with Crippen molar-refractivity contribution >= 4 is 5.97 Å². The average Bonchev–Trinajstić information content (AvgIpc) is 2.25. The summed E-state index contributed by atoms with van der Waals surface area (Å²) in [6, 6.07) is 3.75. The second-order valence-electron chi connectivity index (χ2n) is 2.86. The number of rotatable bonds is 4. The van der Waals surface area contributed by atoms with Gasteiger partial charge in [-0.2, -0.15) is 0 Å². The fourth-order valence-electron chi connectivity index (χ4n) is 1.05. The maximum absolute atomic E-state index is 11.9. The van der Waals surface area contributed by atoms with Crippen molar-refractivity contribution in [3.05, 3.63) is 29.3 Å². The lowest BCUT2D eigenvalue weighted by Crippen LogP contribution is -2.08. The zero-order valence-electron chi connectivity index (χ0n) is 8.11. The Hall–Kier alpha value is -2.09. The van der Waals surface area contributed by atoms with Gasteiger partial charge < -0.3 is 9.84 Å². The summed E-state index contributed by atoms with van der Waals surface area (Å²) in [5.74, 6) is 1.02. The summed E-state index contributed by atoms with van der Waals surface area (Å²) in [5.41, 5.74) is 0.175. The van der Waals surface area contributed by atoms with Crippen LogP contribution in [-0.2, 0) is 0 Å². The zero-order valence-corrected chi connectivity index (χ0v) is 8.11. The number of aromatic carboxylic acids is 1. The molecule has 1 N–H and O–H groups in total. The monoisotopic (exact) mass is 226 g/mol. The lowest BCUT2D eigenvalue weighted by Gasteiger charge is -2.08. The van der Waals surface area contributed by atoms with Gasteiger partial charge in [0.25, 0.3) is 6.43 Å². The van der Waals surface area contributed by atoms with Crippen LogP contribution in [0.3, 0.4) is 0 Å². The highest BCUT2D eigenvalue weighted by Crippen LogP contribution is 2.20. The third kappa shape index (κ3) is 2.95. The molecule has 0 aliphatic carbocycles. The van der Waals surface area contributed by atoms with E-state index in [1.54, 1.807) is 0 Å². The van der Waals surface area contributed by atoms with E-state index in [1.807, 2.05) is 0 Å². The molecule has 0 aromatic heterocycles. The van der Waals surface area contributed by atoms with Gasteiger partial charge in [0, 0.05) is 0 Å². The topological polar surface area (TPSA) is 46.5 Å². The molecule has 0 atom stereocenters. The van der Waals surface area contributed by atoms with Crippen LogP contribution in [0, 0.1) is 12.3 Å². The highest BCUT2D eigenvalue weighted by Gasteiger charge is 2.10. The van der Waals surface area contributed by atoms with E-state index in [-0.39, 0.29) is 16.9 Å². The second-order valence-corrected chi connectivity index (χ2v) is 2.86. The third-order valence-electron chi connectivity index (χ3n) is 1.75. The highest BCUT2D eigenvalue weighted by atomic mass is 19.3. The molecule has 0 unspecified atom stereocenters. The summed E-state index contributed by atoms with van der Waals surface area (Å²) in [4.78, 5) is 10.6. The molecule has 0 fully saturated rings. The smallest absolute Gasteiger partial charge is 0.335 e. The van der Waals surface area contributed by atoms with Gasteiger partial charge in [0.1, 0.15) is 12.4 Å². The highest BCUT2D eigenvalue weighted by molar-refractivity contribution is 5.88. The summed E-state index contributed by atoms with van der Waals surface area (Å²) >= 11 is 0. The molecule has 0 heterocycles. The number of terminal acetylenes is 1. The van der Waals surface area contributed by atoms with Crippen molar-refractivity contribution in [3.63, 3.8) is 0 Å². The van der Waals surface area contributed by atoms with E-state index >= 15 is 0 Å². The first-order chi connectivity index (χ1) is 7.54. The molecule has 0 amide bonds. The van der Waals surface area contributed by atoms with Crippen molar-refractivity contribution in [2.24, 2.45) is 0 Å². The van der Waals surface area contributed by atoms with Gasteiger partial charge in [-0.3, -0.25) is 0 Å². The lowest BCUT2D eigenvalue weighted by atomic mass is 10.1. The molecule has 84 valence electrons. The Balaban J connectivity index is 2.99. The predicted molar refractivity (Wildman–Crippen MR) is 52.8 cm³/mol. The van der Waals surface area contributed by atoms with Crippen LogP contribution in [-0.4, -0.2) is 24.1 Å². The molecular weight excluding hydrogens is 218 g/mol. The van der Waals surface area contributed by atoms with Gasteiger partial charge in [0.05, 0.1) is 11.1 Å². The first kappa shape index (κ1) is 12.0. The van der Waals surface area contributed by atoms with Crippen LogP contribution < -0.4 is 4.74 Å². The van der Waals surface area contributed by atoms with Crippen molar-refractivity contribution in [1.29, 1.82) is 0 Å². The Morgan fingerprint density at radius 2 is 2.25 bits per heavy atom. The minimum atomic E-state index is -2.64. The maximum atomic E-state index is 11.9. The van der Waals surface area contributed by atoms with Crippen LogP contribution in [0.4, 0.5) is 8.78 Å². The Bertz CT molecular complexity index is 435. The van der Waals surface area contributed by atoms with Gasteiger partial charge in [0.2, 0.25) is 0 Å². The molecule has 0 bridgehead atoms. The number of hydrogen-bond acceptors (Lipinski definition) is 2. The van der Waals surface area contributed by atoms with Gasteiger partial charge >= 0.3 is 5.97 Å². The number of benzene rings is 1. The summed E-state index contributed by atoms with van der Waals surface area (Å²) in [5, 5.41) is 8.69. The van der Waals surface area contributed by atoms with E-state index in [0.717, 1.165) is 6.07 Å². The normalized spacial score (nSPS) is 9.88. The fraction of sp³-hybridized carbons (Fsp3) is 0.182. The number of carboxylic acid groups (broad SMARTS) is 1. The molecule has 1 aromatic rings. The summed E-state index contributed by atoms with van der Waals surface area (Å²) < 4.78 is 28.6. The molecule has 1 aromatic carbocycles. The van der Waals surface area contributed by atoms with Gasteiger partial charge in [-0.15, -0.1) is 6.42 Å². The van der Waals surface area contributed by atoms with Crippen LogP contribution in [0.2, 0.25) is 0 Å². The van der Waals surface area contributed by atoms with Gasteiger partial charge in [-0.1, -0.05) is 5.92 Å². The van der Waals surface area contributed by atoms with E-state index in [9.17, 15) is 13.6 Å². The molecule has 0 aliphatic heterocycles.